The van der Waals surface area contributed by atoms with E-state index in [9.17, 15) is 4.79 Å². The minimum atomic E-state index is -0.175. The smallest absolute Gasteiger partial charge is 0.310 e. The summed E-state index contributed by atoms with van der Waals surface area (Å²) in [4.78, 5) is 17.2. The second kappa shape index (κ2) is 6.19. The van der Waals surface area contributed by atoms with Crippen LogP contribution in [0.1, 0.15) is 12.5 Å². The number of ether oxygens (including phenoxy) is 1. The van der Waals surface area contributed by atoms with Crippen LogP contribution >= 0.6 is 0 Å². The number of methoxy groups -OCH3 is 1. The number of nitrogens with one attached hydrogen (secondary N) is 1. The standard InChI is InChI=1S/C17H20N6O2/c1-11-8-22(10-14(11)16(24)25-2)17-19-20-21-23(17)9-12-4-3-5-15-13(12)6-7-18-15/h3-7,11,14,18H,8-10H2,1-2H3/t11-,14-/m1/s1. The number of esters is 1. The molecule has 0 radical (unpaired) electrons. The van der Waals surface area contributed by atoms with E-state index < -0.39 is 0 Å². The van der Waals surface area contributed by atoms with Crippen molar-refractivity contribution in [3.63, 3.8) is 0 Å². The average Bonchev–Trinajstić information content (AvgIpc) is 3.33. The molecule has 1 N–H and O–H groups in total. The lowest BCUT2D eigenvalue weighted by molar-refractivity contribution is -0.145. The largest absolute Gasteiger partial charge is 0.469 e. The molecule has 8 nitrogen and oxygen atoms in total. The average molecular weight is 340 g/mol. The lowest BCUT2D eigenvalue weighted by Crippen LogP contribution is -2.26. The zero-order valence-electron chi connectivity index (χ0n) is 14.2. The van der Waals surface area contributed by atoms with Gasteiger partial charge in [0.2, 0.25) is 5.95 Å². The van der Waals surface area contributed by atoms with Crippen LogP contribution in [-0.4, -0.2) is 51.4 Å². The Balaban J connectivity index is 1.59. The van der Waals surface area contributed by atoms with E-state index in [1.54, 1.807) is 4.68 Å². The molecule has 2 aromatic heterocycles. The molecule has 1 fully saturated rings. The highest BCUT2D eigenvalue weighted by atomic mass is 16.5. The summed E-state index contributed by atoms with van der Waals surface area (Å²) >= 11 is 0. The summed E-state index contributed by atoms with van der Waals surface area (Å²) in [5, 5.41) is 13.3. The molecule has 0 spiro atoms. The number of benzene rings is 1. The Hall–Kier alpha value is -2.90. The zero-order chi connectivity index (χ0) is 17.4. The number of nitrogens with zero attached hydrogens (tertiary/aromatic N) is 5. The normalized spacial score (nSPS) is 20.3. The highest BCUT2D eigenvalue weighted by molar-refractivity contribution is 5.82. The molecular formula is C17H20N6O2. The summed E-state index contributed by atoms with van der Waals surface area (Å²) in [6, 6.07) is 8.19. The van der Waals surface area contributed by atoms with Crippen LogP contribution in [0.2, 0.25) is 0 Å². The summed E-state index contributed by atoms with van der Waals surface area (Å²) in [6.45, 7) is 3.93. The number of aromatic amines is 1. The molecule has 8 heteroatoms. The SMILES string of the molecule is COC(=O)[C@@H]1CN(c2nnnn2Cc2cccc3[nH]ccc23)C[C@H]1C. The number of fused-ring (bicyclic) bond motifs is 1. The first-order valence-corrected chi connectivity index (χ1v) is 8.31. The van der Waals surface area contributed by atoms with Crippen LogP contribution in [0, 0.1) is 11.8 Å². The van der Waals surface area contributed by atoms with Gasteiger partial charge in [0, 0.05) is 30.2 Å². The van der Waals surface area contributed by atoms with Gasteiger partial charge in [0.15, 0.2) is 0 Å². The van der Waals surface area contributed by atoms with E-state index in [0.717, 1.165) is 23.0 Å². The number of H-pyrrole nitrogens is 1. The molecule has 1 saturated heterocycles. The van der Waals surface area contributed by atoms with Crippen molar-refractivity contribution in [3.8, 4) is 0 Å². The van der Waals surface area contributed by atoms with Gasteiger partial charge in [0.05, 0.1) is 19.6 Å². The third kappa shape index (κ3) is 2.73. The van der Waals surface area contributed by atoms with Gasteiger partial charge >= 0.3 is 5.97 Å². The monoisotopic (exact) mass is 340 g/mol. The van der Waals surface area contributed by atoms with E-state index in [1.807, 2.05) is 18.3 Å². The molecule has 0 amide bonds. The molecule has 1 aromatic carbocycles. The maximum Gasteiger partial charge on any atom is 0.310 e. The first kappa shape index (κ1) is 15.6. The van der Waals surface area contributed by atoms with E-state index in [0.29, 0.717) is 19.0 Å². The minimum Gasteiger partial charge on any atom is -0.469 e. The van der Waals surface area contributed by atoms with Crippen LogP contribution in [0.25, 0.3) is 10.9 Å². The first-order valence-electron chi connectivity index (χ1n) is 8.31. The van der Waals surface area contributed by atoms with E-state index >= 15 is 0 Å². The number of carbonyl (C=O) groups is 1. The quantitative estimate of drug-likeness (QED) is 0.723. The molecule has 3 aromatic rings. The number of hydrogen-bond acceptors (Lipinski definition) is 6. The van der Waals surface area contributed by atoms with Crippen LogP contribution in [0.15, 0.2) is 30.5 Å². The van der Waals surface area contributed by atoms with Gasteiger partial charge in [-0.25, -0.2) is 4.68 Å². The molecule has 130 valence electrons. The van der Waals surface area contributed by atoms with Gasteiger partial charge in [-0.05, 0) is 34.0 Å². The van der Waals surface area contributed by atoms with E-state index in [2.05, 4.69) is 44.5 Å². The highest BCUT2D eigenvalue weighted by Gasteiger charge is 2.37. The molecule has 4 rings (SSSR count). The van der Waals surface area contributed by atoms with Crippen molar-refractivity contribution in [2.45, 2.75) is 13.5 Å². The van der Waals surface area contributed by atoms with Gasteiger partial charge in [-0.3, -0.25) is 4.79 Å². The van der Waals surface area contributed by atoms with Crippen LogP contribution in [0.5, 0.6) is 0 Å². The Morgan fingerprint density at radius 3 is 3.08 bits per heavy atom. The number of carbonyl (C=O) groups excluding carboxylic acids is 1. The molecule has 1 aliphatic heterocycles. The van der Waals surface area contributed by atoms with Crippen molar-refractivity contribution in [3.05, 3.63) is 36.0 Å². The van der Waals surface area contributed by atoms with Gasteiger partial charge in [0.1, 0.15) is 0 Å². The summed E-state index contributed by atoms with van der Waals surface area (Å²) in [5.41, 5.74) is 2.23. The van der Waals surface area contributed by atoms with Crippen molar-refractivity contribution >= 4 is 22.8 Å². The Morgan fingerprint density at radius 1 is 1.36 bits per heavy atom. The Bertz CT molecular complexity index is 901. The number of aromatic nitrogens is 5. The Labute approximate surface area is 144 Å². The summed E-state index contributed by atoms with van der Waals surface area (Å²) in [7, 11) is 1.43. The fourth-order valence-corrected chi connectivity index (χ4v) is 3.57. The molecule has 0 aliphatic carbocycles. The molecular weight excluding hydrogens is 320 g/mol. The van der Waals surface area contributed by atoms with Gasteiger partial charge in [0.25, 0.3) is 0 Å². The molecule has 3 heterocycles. The van der Waals surface area contributed by atoms with Crippen molar-refractivity contribution in [2.24, 2.45) is 11.8 Å². The van der Waals surface area contributed by atoms with Gasteiger partial charge < -0.3 is 14.6 Å². The van der Waals surface area contributed by atoms with E-state index in [4.69, 9.17) is 4.74 Å². The maximum atomic E-state index is 11.9. The van der Waals surface area contributed by atoms with Crippen molar-refractivity contribution < 1.29 is 9.53 Å². The maximum absolute atomic E-state index is 11.9. The molecule has 25 heavy (non-hydrogen) atoms. The van der Waals surface area contributed by atoms with Crippen molar-refractivity contribution in [1.29, 1.82) is 0 Å². The molecule has 0 saturated carbocycles. The van der Waals surface area contributed by atoms with Gasteiger partial charge in [-0.2, -0.15) is 0 Å². The highest BCUT2D eigenvalue weighted by Crippen LogP contribution is 2.28. The number of tetrazole rings is 1. The van der Waals surface area contributed by atoms with E-state index in [-0.39, 0.29) is 17.8 Å². The van der Waals surface area contributed by atoms with E-state index in [1.165, 1.54) is 7.11 Å². The fourth-order valence-electron chi connectivity index (χ4n) is 3.57. The van der Waals surface area contributed by atoms with Gasteiger partial charge in [-0.15, -0.1) is 0 Å². The Kier molecular flexibility index (Phi) is 3.87. The summed E-state index contributed by atoms with van der Waals surface area (Å²) in [5.74, 6) is 0.561. The van der Waals surface area contributed by atoms with Gasteiger partial charge in [-0.1, -0.05) is 24.2 Å². The Morgan fingerprint density at radius 2 is 2.24 bits per heavy atom. The first-order chi connectivity index (χ1) is 12.2. The molecule has 0 unspecified atom stereocenters. The number of hydrogen-bond donors (Lipinski definition) is 1. The predicted molar refractivity (Wildman–Crippen MR) is 92.1 cm³/mol. The van der Waals surface area contributed by atoms with Crippen LogP contribution in [-0.2, 0) is 16.1 Å². The third-order valence-electron chi connectivity index (χ3n) is 4.92. The van der Waals surface area contributed by atoms with Crippen LogP contribution in [0.4, 0.5) is 5.95 Å². The fraction of sp³-hybridized carbons (Fsp3) is 0.412. The number of rotatable bonds is 4. The molecule has 0 bridgehead atoms. The summed E-state index contributed by atoms with van der Waals surface area (Å²) < 4.78 is 6.69. The third-order valence-corrected chi connectivity index (χ3v) is 4.92. The van der Waals surface area contributed by atoms with Crippen molar-refractivity contribution in [1.82, 2.24) is 25.2 Å². The summed E-state index contributed by atoms with van der Waals surface area (Å²) in [6.07, 6.45) is 1.93. The molecule has 2 atom stereocenters. The lowest BCUT2D eigenvalue weighted by atomic mass is 9.99. The zero-order valence-corrected chi connectivity index (χ0v) is 14.2. The lowest BCUT2D eigenvalue weighted by Gasteiger charge is -2.17. The number of anilines is 1. The second-order valence-electron chi connectivity index (χ2n) is 6.50. The van der Waals surface area contributed by atoms with Crippen molar-refractivity contribution in [2.75, 3.05) is 25.1 Å². The minimum absolute atomic E-state index is 0.150. The second-order valence-corrected chi connectivity index (χ2v) is 6.50. The molecule has 1 aliphatic rings. The van der Waals surface area contributed by atoms with Crippen LogP contribution < -0.4 is 4.90 Å². The predicted octanol–water partition coefficient (Wildman–Crippen LogP) is 1.45. The topological polar surface area (TPSA) is 88.9 Å². The van der Waals surface area contributed by atoms with Crippen LogP contribution in [0.3, 0.4) is 0 Å².